The molecule has 6 heteroatoms. The number of rotatable bonds is 8. The average Bonchev–Trinajstić information content (AvgIpc) is 2.82. The molecule has 0 radical (unpaired) electrons. The highest BCUT2D eigenvalue weighted by molar-refractivity contribution is 6.42. The van der Waals surface area contributed by atoms with Crippen molar-refractivity contribution in [1.29, 1.82) is 0 Å². The Morgan fingerprint density at radius 3 is 1.89 bits per heavy atom. The van der Waals surface area contributed by atoms with E-state index in [1.807, 2.05) is 87.5 Å². The molecule has 3 rings (SSSR count). The Hall–Kier alpha value is -2.82. The second-order valence-electron chi connectivity index (χ2n) is 9.76. The number of amides is 2. The maximum Gasteiger partial charge on any atom is 0.242 e. The minimum atomic E-state index is -0.677. The Kier molecular flexibility index (Phi) is 8.98. The molecule has 1 N–H and O–H groups in total. The molecule has 0 aliphatic rings. The van der Waals surface area contributed by atoms with Crippen LogP contribution in [0.5, 0.6) is 0 Å². The molecule has 1 atom stereocenters. The summed E-state index contributed by atoms with van der Waals surface area (Å²) in [7, 11) is 0. The SMILES string of the molecule is C[C@@H](C(=O)NC(C)(C)C)N(Cc1ccc(Cl)c(Cl)c1)C(=O)CC(c1ccccc1)c1ccccc1. The van der Waals surface area contributed by atoms with Gasteiger partial charge in [0.05, 0.1) is 10.0 Å². The maximum absolute atomic E-state index is 13.9. The van der Waals surface area contributed by atoms with Gasteiger partial charge < -0.3 is 10.2 Å². The van der Waals surface area contributed by atoms with Gasteiger partial charge in [-0.25, -0.2) is 0 Å². The first kappa shape index (κ1) is 26.8. The summed E-state index contributed by atoms with van der Waals surface area (Å²) in [5, 5.41) is 3.85. The van der Waals surface area contributed by atoms with Gasteiger partial charge >= 0.3 is 0 Å². The average molecular weight is 511 g/mol. The summed E-state index contributed by atoms with van der Waals surface area (Å²) in [6, 6.07) is 24.5. The van der Waals surface area contributed by atoms with E-state index in [-0.39, 0.29) is 30.7 Å². The lowest BCUT2D eigenvalue weighted by Gasteiger charge is -2.32. The van der Waals surface area contributed by atoms with E-state index in [0.717, 1.165) is 16.7 Å². The number of halogens is 2. The van der Waals surface area contributed by atoms with Crippen LogP contribution in [0.3, 0.4) is 0 Å². The molecule has 0 fully saturated rings. The van der Waals surface area contributed by atoms with Crippen molar-refractivity contribution in [2.24, 2.45) is 0 Å². The standard InChI is InChI=1S/C29H32Cl2N2O2/c1-20(28(35)32-29(2,3)4)33(19-21-15-16-25(30)26(31)17-21)27(34)18-24(22-11-7-5-8-12-22)23-13-9-6-10-14-23/h5-17,20,24H,18-19H2,1-4H3,(H,32,35)/t20-/m0/s1. The summed E-state index contributed by atoms with van der Waals surface area (Å²) in [5.41, 5.74) is 2.49. The Morgan fingerprint density at radius 2 is 1.40 bits per heavy atom. The molecule has 0 bridgehead atoms. The highest BCUT2D eigenvalue weighted by atomic mass is 35.5. The number of hydrogen-bond acceptors (Lipinski definition) is 2. The summed E-state index contributed by atoms with van der Waals surface area (Å²) in [4.78, 5) is 28.6. The molecule has 0 spiro atoms. The second-order valence-corrected chi connectivity index (χ2v) is 10.6. The number of nitrogens with zero attached hydrogens (tertiary/aromatic N) is 1. The first-order chi connectivity index (χ1) is 16.5. The van der Waals surface area contributed by atoms with Gasteiger partial charge in [-0.05, 0) is 56.5 Å². The van der Waals surface area contributed by atoms with E-state index in [4.69, 9.17) is 23.2 Å². The maximum atomic E-state index is 13.9. The van der Waals surface area contributed by atoms with Crippen LogP contribution < -0.4 is 5.32 Å². The lowest BCUT2D eigenvalue weighted by molar-refractivity contribution is -0.141. The van der Waals surface area contributed by atoms with Crippen molar-refractivity contribution < 1.29 is 9.59 Å². The fourth-order valence-corrected chi connectivity index (χ4v) is 4.30. The van der Waals surface area contributed by atoms with Crippen molar-refractivity contribution in [3.8, 4) is 0 Å². The molecule has 3 aromatic rings. The molecule has 2 amide bonds. The Balaban J connectivity index is 1.94. The normalized spacial score (nSPS) is 12.3. The molecule has 0 saturated heterocycles. The largest absolute Gasteiger partial charge is 0.350 e. The second kappa shape index (κ2) is 11.7. The molecule has 0 heterocycles. The minimum Gasteiger partial charge on any atom is -0.350 e. The number of benzene rings is 3. The third-order valence-electron chi connectivity index (χ3n) is 5.79. The number of hydrogen-bond donors (Lipinski definition) is 1. The molecule has 0 aliphatic carbocycles. The third kappa shape index (κ3) is 7.58. The van der Waals surface area contributed by atoms with Crippen LogP contribution in [0.4, 0.5) is 0 Å². The third-order valence-corrected chi connectivity index (χ3v) is 6.52. The predicted octanol–water partition coefficient (Wildman–Crippen LogP) is 6.85. The molecule has 4 nitrogen and oxygen atoms in total. The van der Waals surface area contributed by atoms with Gasteiger partial charge in [0.15, 0.2) is 0 Å². The van der Waals surface area contributed by atoms with Crippen molar-refractivity contribution in [2.75, 3.05) is 0 Å². The summed E-state index contributed by atoms with van der Waals surface area (Å²) in [6.45, 7) is 7.76. The quantitative estimate of drug-likeness (QED) is 0.360. The molecule has 3 aromatic carbocycles. The van der Waals surface area contributed by atoms with Crippen LogP contribution in [0, 0.1) is 0 Å². The summed E-state index contributed by atoms with van der Waals surface area (Å²) >= 11 is 12.3. The van der Waals surface area contributed by atoms with E-state index in [1.165, 1.54) is 0 Å². The smallest absolute Gasteiger partial charge is 0.242 e. The van der Waals surface area contributed by atoms with Gasteiger partial charge in [0.25, 0.3) is 0 Å². The Morgan fingerprint density at radius 1 is 0.857 bits per heavy atom. The highest BCUT2D eigenvalue weighted by Crippen LogP contribution is 2.30. The van der Waals surface area contributed by atoms with E-state index in [9.17, 15) is 9.59 Å². The van der Waals surface area contributed by atoms with Crippen molar-refractivity contribution in [3.63, 3.8) is 0 Å². The first-order valence-electron chi connectivity index (χ1n) is 11.7. The first-order valence-corrected chi connectivity index (χ1v) is 12.5. The zero-order chi connectivity index (χ0) is 25.6. The van der Waals surface area contributed by atoms with Crippen molar-refractivity contribution in [3.05, 3.63) is 106 Å². The predicted molar refractivity (Wildman–Crippen MR) is 144 cm³/mol. The van der Waals surface area contributed by atoms with Gasteiger partial charge in [-0.15, -0.1) is 0 Å². The molecule has 35 heavy (non-hydrogen) atoms. The van der Waals surface area contributed by atoms with Crippen LogP contribution in [-0.2, 0) is 16.1 Å². The van der Waals surface area contributed by atoms with Crippen LogP contribution in [0.1, 0.15) is 56.7 Å². The lowest BCUT2D eigenvalue weighted by Crippen LogP contribution is -2.52. The van der Waals surface area contributed by atoms with Gasteiger partial charge in [0.1, 0.15) is 6.04 Å². The number of carbonyl (C=O) groups is 2. The van der Waals surface area contributed by atoms with E-state index in [1.54, 1.807) is 24.0 Å². The van der Waals surface area contributed by atoms with E-state index < -0.39 is 11.6 Å². The minimum absolute atomic E-state index is 0.120. The van der Waals surface area contributed by atoms with Crippen LogP contribution in [0.2, 0.25) is 10.0 Å². The van der Waals surface area contributed by atoms with E-state index in [2.05, 4.69) is 5.32 Å². The molecular formula is C29H32Cl2N2O2. The molecular weight excluding hydrogens is 479 g/mol. The van der Waals surface area contributed by atoms with E-state index >= 15 is 0 Å². The molecule has 0 aliphatic heterocycles. The molecule has 184 valence electrons. The fourth-order valence-electron chi connectivity index (χ4n) is 3.98. The zero-order valence-corrected chi connectivity index (χ0v) is 22.1. The summed E-state index contributed by atoms with van der Waals surface area (Å²) in [6.07, 6.45) is 0.225. The van der Waals surface area contributed by atoms with Gasteiger partial charge in [-0.2, -0.15) is 0 Å². The van der Waals surface area contributed by atoms with Gasteiger partial charge in [0, 0.05) is 24.4 Å². The Bertz CT molecular complexity index is 1100. The lowest BCUT2D eigenvalue weighted by atomic mass is 9.88. The van der Waals surface area contributed by atoms with Crippen LogP contribution in [0.15, 0.2) is 78.9 Å². The van der Waals surface area contributed by atoms with Crippen LogP contribution in [0.25, 0.3) is 0 Å². The van der Waals surface area contributed by atoms with Gasteiger partial charge in [-0.1, -0.05) is 89.9 Å². The molecule has 0 saturated carbocycles. The van der Waals surface area contributed by atoms with Crippen LogP contribution in [-0.4, -0.2) is 28.3 Å². The Labute approximate surface area is 218 Å². The van der Waals surface area contributed by atoms with Crippen molar-refractivity contribution in [1.82, 2.24) is 10.2 Å². The van der Waals surface area contributed by atoms with Gasteiger partial charge in [0.2, 0.25) is 11.8 Å². The number of nitrogens with one attached hydrogen (secondary N) is 1. The van der Waals surface area contributed by atoms with E-state index in [0.29, 0.717) is 10.0 Å². The summed E-state index contributed by atoms with van der Waals surface area (Å²) < 4.78 is 0. The van der Waals surface area contributed by atoms with Crippen molar-refractivity contribution in [2.45, 2.75) is 58.2 Å². The molecule has 0 unspecified atom stereocenters. The number of carbonyl (C=O) groups excluding carboxylic acids is 2. The molecule has 0 aromatic heterocycles. The zero-order valence-electron chi connectivity index (χ0n) is 20.6. The monoisotopic (exact) mass is 510 g/mol. The van der Waals surface area contributed by atoms with Crippen LogP contribution >= 0.6 is 23.2 Å². The summed E-state index contributed by atoms with van der Waals surface area (Å²) in [5.74, 6) is -0.466. The van der Waals surface area contributed by atoms with Gasteiger partial charge in [-0.3, -0.25) is 9.59 Å². The topological polar surface area (TPSA) is 49.4 Å². The fraction of sp³-hybridized carbons (Fsp3) is 0.310. The van der Waals surface area contributed by atoms with Crippen molar-refractivity contribution >= 4 is 35.0 Å². The highest BCUT2D eigenvalue weighted by Gasteiger charge is 2.30.